The van der Waals surface area contributed by atoms with Gasteiger partial charge in [0.05, 0.1) is 0 Å². The second-order valence-corrected chi connectivity index (χ2v) is 4.16. The first-order valence-electron chi connectivity index (χ1n) is 5.12. The smallest absolute Gasteiger partial charge is 0.334 e. The van der Waals surface area contributed by atoms with Crippen molar-refractivity contribution < 1.29 is 9.53 Å². The minimum Gasteiger partial charge on any atom is -0.458 e. The second-order valence-electron chi connectivity index (χ2n) is 4.16. The molecule has 0 aromatic heterocycles. The third-order valence-corrected chi connectivity index (χ3v) is 3.45. The van der Waals surface area contributed by atoms with Gasteiger partial charge in [-0.1, -0.05) is 19.9 Å². The van der Waals surface area contributed by atoms with Gasteiger partial charge in [0.1, 0.15) is 6.10 Å². The van der Waals surface area contributed by atoms with Crippen LogP contribution >= 0.6 is 0 Å². The Bertz CT molecular complexity index is 244. The van der Waals surface area contributed by atoms with E-state index >= 15 is 0 Å². The van der Waals surface area contributed by atoms with Crippen LogP contribution in [0.15, 0.2) is 12.2 Å². The number of hydrogen-bond acceptors (Lipinski definition) is 2. The Morgan fingerprint density at radius 1 is 1.54 bits per heavy atom. The summed E-state index contributed by atoms with van der Waals surface area (Å²) >= 11 is 0. The number of esters is 1. The normalized spacial score (nSPS) is 38.7. The molecule has 3 atom stereocenters. The summed E-state index contributed by atoms with van der Waals surface area (Å²) in [5.74, 6) is 0.919. The Balaban J connectivity index is 2.07. The molecule has 0 radical (unpaired) electrons. The Morgan fingerprint density at radius 2 is 2.31 bits per heavy atom. The maximum atomic E-state index is 11.2. The summed E-state index contributed by atoms with van der Waals surface area (Å²) in [4.78, 5) is 11.2. The maximum Gasteiger partial charge on any atom is 0.334 e. The topological polar surface area (TPSA) is 26.3 Å². The van der Waals surface area contributed by atoms with Gasteiger partial charge in [0, 0.05) is 11.5 Å². The van der Waals surface area contributed by atoms with Gasteiger partial charge in [-0.3, -0.25) is 0 Å². The van der Waals surface area contributed by atoms with E-state index in [9.17, 15) is 4.79 Å². The van der Waals surface area contributed by atoms with Crippen LogP contribution in [-0.2, 0) is 9.53 Å². The summed E-state index contributed by atoms with van der Waals surface area (Å²) in [7, 11) is 0. The van der Waals surface area contributed by atoms with Crippen molar-refractivity contribution >= 4 is 5.97 Å². The lowest BCUT2D eigenvalue weighted by Gasteiger charge is -2.29. The molecule has 0 amide bonds. The Hall–Kier alpha value is -0.790. The highest BCUT2D eigenvalue weighted by atomic mass is 16.6. The van der Waals surface area contributed by atoms with E-state index in [1.165, 1.54) is 12.8 Å². The lowest BCUT2D eigenvalue weighted by atomic mass is 9.77. The van der Waals surface area contributed by atoms with Gasteiger partial charge in [-0.05, 0) is 25.2 Å². The van der Waals surface area contributed by atoms with Crippen LogP contribution in [0.4, 0.5) is 0 Å². The van der Waals surface area contributed by atoms with Gasteiger partial charge in [0.15, 0.2) is 0 Å². The maximum absolute atomic E-state index is 11.2. The van der Waals surface area contributed by atoms with Crippen molar-refractivity contribution in [2.24, 2.45) is 11.8 Å². The van der Waals surface area contributed by atoms with E-state index in [1.54, 1.807) is 0 Å². The molecule has 1 heterocycles. The number of rotatable bonds is 1. The van der Waals surface area contributed by atoms with Crippen molar-refractivity contribution in [2.75, 3.05) is 0 Å². The zero-order chi connectivity index (χ0) is 9.42. The molecule has 0 spiro atoms. The largest absolute Gasteiger partial charge is 0.458 e. The molecule has 3 unspecified atom stereocenters. The molecular weight excluding hydrogens is 164 g/mol. The third kappa shape index (κ3) is 1.38. The molecule has 13 heavy (non-hydrogen) atoms. The van der Waals surface area contributed by atoms with Crippen LogP contribution in [0.25, 0.3) is 0 Å². The molecule has 0 bridgehead atoms. The fourth-order valence-corrected chi connectivity index (χ4v) is 2.48. The summed E-state index contributed by atoms with van der Waals surface area (Å²) in [5.41, 5.74) is 0.708. The number of hydrogen-bond donors (Lipinski definition) is 0. The minimum absolute atomic E-state index is 0.152. The Kier molecular flexibility index (Phi) is 2.14. The fraction of sp³-hybridized carbons (Fsp3) is 0.727. The lowest BCUT2D eigenvalue weighted by molar-refractivity contribution is -0.140. The summed E-state index contributed by atoms with van der Waals surface area (Å²) < 4.78 is 5.27. The SMILES string of the molecule is C=C1C(=O)OC2CC(CC)CCC12. The van der Waals surface area contributed by atoms with Crippen molar-refractivity contribution in [1.29, 1.82) is 0 Å². The van der Waals surface area contributed by atoms with E-state index in [0.717, 1.165) is 18.8 Å². The number of fused-ring (bicyclic) bond motifs is 1. The zero-order valence-electron chi connectivity index (χ0n) is 8.08. The van der Waals surface area contributed by atoms with Gasteiger partial charge in [-0.15, -0.1) is 0 Å². The van der Waals surface area contributed by atoms with Gasteiger partial charge in [-0.2, -0.15) is 0 Å². The average molecular weight is 180 g/mol. The Morgan fingerprint density at radius 3 is 3.00 bits per heavy atom. The number of carbonyl (C=O) groups is 1. The van der Waals surface area contributed by atoms with Gasteiger partial charge < -0.3 is 4.74 Å². The van der Waals surface area contributed by atoms with Crippen LogP contribution in [0.1, 0.15) is 32.6 Å². The lowest BCUT2D eigenvalue weighted by Crippen LogP contribution is -2.26. The van der Waals surface area contributed by atoms with Crippen molar-refractivity contribution in [3.63, 3.8) is 0 Å². The van der Waals surface area contributed by atoms with Gasteiger partial charge in [0.2, 0.25) is 0 Å². The van der Waals surface area contributed by atoms with E-state index in [1.807, 2.05) is 0 Å². The first kappa shape index (κ1) is 8.79. The summed E-state index contributed by atoms with van der Waals surface area (Å²) in [6.07, 6.45) is 4.72. The second kappa shape index (κ2) is 3.17. The first-order chi connectivity index (χ1) is 6.22. The first-order valence-corrected chi connectivity index (χ1v) is 5.12. The molecule has 0 N–H and O–H groups in total. The van der Waals surface area contributed by atoms with Crippen LogP contribution in [0, 0.1) is 11.8 Å². The predicted octanol–water partition coefficient (Wildman–Crippen LogP) is 2.29. The average Bonchev–Trinajstić information content (AvgIpc) is 2.42. The molecule has 1 aliphatic carbocycles. The molecule has 1 saturated carbocycles. The monoisotopic (exact) mass is 180 g/mol. The van der Waals surface area contributed by atoms with Gasteiger partial charge >= 0.3 is 5.97 Å². The van der Waals surface area contributed by atoms with E-state index < -0.39 is 0 Å². The highest BCUT2D eigenvalue weighted by Gasteiger charge is 2.41. The van der Waals surface area contributed by atoms with Crippen LogP contribution in [0.2, 0.25) is 0 Å². The molecule has 2 fully saturated rings. The summed E-state index contributed by atoms with van der Waals surface area (Å²) in [5, 5.41) is 0. The van der Waals surface area contributed by atoms with Crippen LogP contribution in [0.3, 0.4) is 0 Å². The highest BCUT2D eigenvalue weighted by Crippen LogP contribution is 2.40. The molecule has 1 saturated heterocycles. The van der Waals surface area contributed by atoms with E-state index in [2.05, 4.69) is 13.5 Å². The standard InChI is InChI=1S/C11H16O2/c1-3-8-4-5-9-7(2)11(12)13-10(9)6-8/h8-10H,2-6H2,1H3. The fourth-order valence-electron chi connectivity index (χ4n) is 2.48. The van der Waals surface area contributed by atoms with Crippen LogP contribution in [0.5, 0.6) is 0 Å². The molecule has 2 nitrogen and oxygen atoms in total. The molecule has 0 aromatic carbocycles. The highest BCUT2D eigenvalue weighted by molar-refractivity contribution is 5.90. The van der Waals surface area contributed by atoms with Crippen molar-refractivity contribution in [2.45, 2.75) is 38.7 Å². The Labute approximate surface area is 79.0 Å². The van der Waals surface area contributed by atoms with Crippen LogP contribution < -0.4 is 0 Å². The quantitative estimate of drug-likeness (QED) is 0.457. The molecule has 0 aromatic rings. The number of carbonyl (C=O) groups excluding carboxylic acids is 1. The molecule has 1 aliphatic heterocycles. The van der Waals surface area contributed by atoms with Gasteiger partial charge in [-0.25, -0.2) is 4.79 Å². The molecule has 72 valence electrons. The predicted molar refractivity (Wildman–Crippen MR) is 50.1 cm³/mol. The molecule has 2 aliphatic rings. The van der Waals surface area contributed by atoms with Crippen molar-refractivity contribution in [3.8, 4) is 0 Å². The van der Waals surface area contributed by atoms with Gasteiger partial charge in [0.25, 0.3) is 0 Å². The summed E-state index contributed by atoms with van der Waals surface area (Å²) in [6, 6.07) is 0. The number of ether oxygens (including phenoxy) is 1. The van der Waals surface area contributed by atoms with Crippen molar-refractivity contribution in [3.05, 3.63) is 12.2 Å². The summed E-state index contributed by atoms with van der Waals surface area (Å²) in [6.45, 7) is 6.00. The molecule has 2 rings (SSSR count). The van der Waals surface area contributed by atoms with E-state index in [-0.39, 0.29) is 12.1 Å². The minimum atomic E-state index is -0.160. The zero-order valence-corrected chi connectivity index (χ0v) is 8.08. The van der Waals surface area contributed by atoms with E-state index in [4.69, 9.17) is 4.74 Å². The van der Waals surface area contributed by atoms with Crippen molar-refractivity contribution in [1.82, 2.24) is 0 Å². The molecule has 2 heteroatoms. The molecular formula is C11H16O2. The third-order valence-electron chi connectivity index (χ3n) is 3.45. The van der Waals surface area contributed by atoms with E-state index in [0.29, 0.717) is 11.5 Å². The van der Waals surface area contributed by atoms with Crippen LogP contribution in [-0.4, -0.2) is 12.1 Å².